The fourth-order valence-electron chi connectivity index (χ4n) is 3.26. The van der Waals surface area contributed by atoms with Crippen molar-refractivity contribution in [2.75, 3.05) is 19.8 Å². The predicted molar refractivity (Wildman–Crippen MR) is 115 cm³/mol. The molecule has 2 atom stereocenters. The van der Waals surface area contributed by atoms with Crippen LogP contribution >= 0.6 is 0 Å². The fraction of sp³-hybridized carbons (Fsp3) is 0.500. The molecular formula is C24H32F3NO3. The Balaban J connectivity index is 1.74. The first-order valence-corrected chi connectivity index (χ1v) is 10.7. The van der Waals surface area contributed by atoms with Crippen molar-refractivity contribution in [3.63, 3.8) is 0 Å². The van der Waals surface area contributed by atoms with Gasteiger partial charge in [-0.3, -0.25) is 0 Å². The topological polar surface area (TPSA) is 61.7 Å². The molecule has 4 nitrogen and oxygen atoms in total. The zero-order valence-corrected chi connectivity index (χ0v) is 17.9. The molecule has 31 heavy (non-hydrogen) atoms. The van der Waals surface area contributed by atoms with E-state index < -0.39 is 17.8 Å². The van der Waals surface area contributed by atoms with Crippen molar-refractivity contribution in [1.82, 2.24) is 5.32 Å². The van der Waals surface area contributed by atoms with Gasteiger partial charge < -0.3 is 20.3 Å². The lowest BCUT2D eigenvalue weighted by Gasteiger charge is -2.18. The van der Waals surface area contributed by atoms with Crippen LogP contribution in [0.3, 0.4) is 0 Å². The monoisotopic (exact) mass is 439 g/mol. The van der Waals surface area contributed by atoms with Crippen LogP contribution in [0.2, 0.25) is 0 Å². The molecule has 0 aliphatic carbocycles. The van der Waals surface area contributed by atoms with Gasteiger partial charge in [0, 0.05) is 19.2 Å². The zero-order chi connectivity index (χ0) is 22.7. The molecule has 0 heterocycles. The number of unbranched alkanes of at least 4 members (excludes halogenated alkanes) is 3. The summed E-state index contributed by atoms with van der Waals surface area (Å²) in [4.78, 5) is 0. The number of halogens is 3. The molecule has 2 aromatic carbocycles. The van der Waals surface area contributed by atoms with Crippen molar-refractivity contribution >= 4 is 0 Å². The Labute approximate surface area is 182 Å². The molecule has 2 unspecified atom stereocenters. The quantitative estimate of drug-likeness (QED) is 0.389. The molecular weight excluding hydrogens is 407 g/mol. The Hall–Kier alpha value is -2.09. The molecule has 0 aromatic heterocycles. The number of benzene rings is 2. The van der Waals surface area contributed by atoms with Crippen LogP contribution in [0.1, 0.15) is 55.4 Å². The van der Waals surface area contributed by atoms with E-state index in [-0.39, 0.29) is 24.8 Å². The van der Waals surface area contributed by atoms with Crippen molar-refractivity contribution in [1.29, 1.82) is 0 Å². The lowest BCUT2D eigenvalue weighted by molar-refractivity contribution is -0.137. The lowest BCUT2D eigenvalue weighted by atomic mass is 10.0. The molecule has 2 rings (SSSR count). The first kappa shape index (κ1) is 25.2. The van der Waals surface area contributed by atoms with Crippen molar-refractivity contribution in [3.05, 3.63) is 65.2 Å². The second kappa shape index (κ2) is 12.7. The summed E-state index contributed by atoms with van der Waals surface area (Å²) in [7, 11) is 0. The first-order chi connectivity index (χ1) is 14.8. The molecule has 3 N–H and O–H groups in total. The van der Waals surface area contributed by atoms with E-state index in [1.54, 1.807) is 0 Å². The van der Waals surface area contributed by atoms with Crippen LogP contribution in [-0.4, -0.2) is 36.0 Å². The van der Waals surface area contributed by atoms with Crippen molar-refractivity contribution in [2.45, 2.75) is 57.3 Å². The van der Waals surface area contributed by atoms with E-state index in [0.29, 0.717) is 6.61 Å². The molecule has 172 valence electrons. The predicted octanol–water partition coefficient (Wildman–Crippen LogP) is 4.89. The highest BCUT2D eigenvalue weighted by Gasteiger charge is 2.30. The summed E-state index contributed by atoms with van der Waals surface area (Å²) in [5.41, 5.74) is 0.584. The summed E-state index contributed by atoms with van der Waals surface area (Å²) in [6.07, 6.45) is -0.893. The Morgan fingerprint density at radius 1 is 1.00 bits per heavy atom. The number of ether oxygens (including phenoxy) is 1. The van der Waals surface area contributed by atoms with E-state index in [2.05, 4.69) is 5.32 Å². The van der Waals surface area contributed by atoms with E-state index >= 15 is 0 Å². The van der Waals surface area contributed by atoms with Crippen LogP contribution < -0.4 is 10.1 Å². The molecule has 7 heteroatoms. The molecule has 0 radical (unpaired) electrons. The summed E-state index contributed by atoms with van der Waals surface area (Å²) >= 11 is 0. The van der Waals surface area contributed by atoms with Gasteiger partial charge in [0.1, 0.15) is 5.75 Å². The van der Waals surface area contributed by atoms with Gasteiger partial charge in [-0.2, -0.15) is 13.2 Å². The van der Waals surface area contributed by atoms with Crippen LogP contribution in [0.5, 0.6) is 5.75 Å². The van der Waals surface area contributed by atoms with Crippen molar-refractivity contribution in [3.8, 4) is 5.75 Å². The highest BCUT2D eigenvalue weighted by molar-refractivity contribution is 5.28. The molecule has 0 saturated carbocycles. The maximum Gasteiger partial charge on any atom is 0.416 e. The first-order valence-electron chi connectivity index (χ1n) is 10.7. The van der Waals surface area contributed by atoms with Gasteiger partial charge >= 0.3 is 6.18 Å². The zero-order valence-electron chi connectivity index (χ0n) is 17.9. The maximum atomic E-state index is 12.8. The third-order valence-corrected chi connectivity index (χ3v) is 5.04. The van der Waals surface area contributed by atoms with Gasteiger partial charge in [-0.1, -0.05) is 30.7 Å². The number of rotatable bonds is 13. The van der Waals surface area contributed by atoms with Crippen LogP contribution in [0.25, 0.3) is 0 Å². The molecule has 0 saturated heterocycles. The van der Waals surface area contributed by atoms with Gasteiger partial charge in [0.15, 0.2) is 0 Å². The Bertz CT molecular complexity index is 765. The Morgan fingerprint density at radius 3 is 2.39 bits per heavy atom. The number of aliphatic hydroxyl groups excluding tert-OH is 2. The summed E-state index contributed by atoms with van der Waals surface area (Å²) in [6.45, 7) is 3.02. The average Bonchev–Trinajstić information content (AvgIpc) is 2.75. The lowest BCUT2D eigenvalue weighted by Crippen LogP contribution is -2.32. The van der Waals surface area contributed by atoms with Gasteiger partial charge in [-0.25, -0.2) is 0 Å². The maximum absolute atomic E-state index is 12.8. The van der Waals surface area contributed by atoms with E-state index in [0.717, 1.165) is 55.5 Å². The van der Waals surface area contributed by atoms with Gasteiger partial charge in [-0.15, -0.1) is 0 Å². The van der Waals surface area contributed by atoms with E-state index in [4.69, 9.17) is 9.84 Å². The Morgan fingerprint density at radius 2 is 1.71 bits per heavy atom. The van der Waals surface area contributed by atoms with E-state index in [1.807, 2.05) is 31.2 Å². The van der Waals surface area contributed by atoms with E-state index in [9.17, 15) is 18.3 Å². The summed E-state index contributed by atoms with van der Waals surface area (Å²) in [5, 5.41) is 22.2. The van der Waals surface area contributed by atoms with E-state index in [1.165, 1.54) is 12.1 Å². The molecule has 0 aliphatic heterocycles. The SMILES string of the molecule is CC(Cc1ccc(OCCCCCCO)cc1)NCC(O)c1cccc(C(F)(F)F)c1. The largest absolute Gasteiger partial charge is 0.494 e. The van der Waals surface area contributed by atoms with Gasteiger partial charge in [0.2, 0.25) is 0 Å². The molecule has 0 aliphatic rings. The number of hydrogen-bond acceptors (Lipinski definition) is 4. The van der Waals surface area contributed by atoms with Crippen molar-refractivity contribution < 1.29 is 28.1 Å². The van der Waals surface area contributed by atoms with Crippen LogP contribution in [-0.2, 0) is 12.6 Å². The second-order valence-electron chi connectivity index (χ2n) is 7.78. The average molecular weight is 440 g/mol. The number of alkyl halides is 3. The molecule has 0 amide bonds. The molecule has 2 aromatic rings. The van der Waals surface area contributed by atoms with Gasteiger partial charge in [0.25, 0.3) is 0 Å². The minimum atomic E-state index is -4.42. The number of nitrogens with one attached hydrogen (secondary N) is 1. The smallest absolute Gasteiger partial charge is 0.416 e. The number of hydrogen-bond donors (Lipinski definition) is 3. The fourth-order valence-corrected chi connectivity index (χ4v) is 3.26. The van der Waals surface area contributed by atoms with Crippen LogP contribution in [0, 0.1) is 0 Å². The molecule has 0 bridgehead atoms. The Kier molecular flexibility index (Phi) is 10.3. The normalized spacial score (nSPS) is 13.7. The minimum absolute atomic E-state index is 0.0405. The second-order valence-corrected chi connectivity index (χ2v) is 7.78. The van der Waals surface area contributed by atoms with Gasteiger partial charge in [-0.05, 0) is 68.0 Å². The number of aliphatic hydroxyl groups is 2. The molecule has 0 spiro atoms. The standard InChI is InChI=1S/C24H32F3NO3/c1-18(28-17-23(30)20-7-6-8-21(16-20)24(25,26)27)15-19-9-11-22(12-10-19)31-14-5-3-2-4-13-29/h6-12,16,18,23,28-30H,2-5,13-15,17H2,1H3. The van der Waals surface area contributed by atoms with Crippen molar-refractivity contribution in [2.24, 2.45) is 0 Å². The third-order valence-electron chi connectivity index (χ3n) is 5.04. The van der Waals surface area contributed by atoms with Crippen LogP contribution in [0.15, 0.2) is 48.5 Å². The van der Waals surface area contributed by atoms with Gasteiger partial charge in [0.05, 0.1) is 18.3 Å². The molecule has 0 fully saturated rings. The third kappa shape index (κ3) is 9.29. The summed E-state index contributed by atoms with van der Waals surface area (Å²) < 4.78 is 44.2. The summed E-state index contributed by atoms with van der Waals surface area (Å²) in [6, 6.07) is 12.7. The van der Waals surface area contributed by atoms with Crippen LogP contribution in [0.4, 0.5) is 13.2 Å². The highest BCUT2D eigenvalue weighted by atomic mass is 19.4. The summed E-state index contributed by atoms with van der Waals surface area (Å²) in [5.74, 6) is 0.812. The minimum Gasteiger partial charge on any atom is -0.494 e. The highest BCUT2D eigenvalue weighted by Crippen LogP contribution is 2.30.